The molecule has 16 heavy (non-hydrogen) atoms. The minimum Gasteiger partial charge on any atom is -0.309 e. The molecule has 0 amide bonds. The van der Waals surface area contributed by atoms with Crippen molar-refractivity contribution < 1.29 is 0 Å². The van der Waals surface area contributed by atoms with E-state index in [1.807, 2.05) is 0 Å². The molecule has 1 aromatic carbocycles. The molecule has 1 rings (SSSR count). The average molecular weight is 219 g/mol. The van der Waals surface area contributed by atoms with Crippen LogP contribution in [0.3, 0.4) is 0 Å². The van der Waals surface area contributed by atoms with Gasteiger partial charge in [0.1, 0.15) is 0 Å². The van der Waals surface area contributed by atoms with Crippen molar-refractivity contribution in [3.05, 3.63) is 35.9 Å². The zero-order valence-corrected chi connectivity index (χ0v) is 11.1. The van der Waals surface area contributed by atoms with Crippen molar-refractivity contribution in [2.24, 2.45) is 5.92 Å². The van der Waals surface area contributed by atoms with Gasteiger partial charge in [0.05, 0.1) is 0 Å². The van der Waals surface area contributed by atoms with E-state index in [0.29, 0.717) is 5.92 Å². The van der Waals surface area contributed by atoms with Gasteiger partial charge in [-0.1, -0.05) is 50.6 Å². The van der Waals surface area contributed by atoms with Gasteiger partial charge < -0.3 is 4.90 Å². The molecule has 1 aromatic rings. The molecule has 0 aliphatic carbocycles. The number of hydrogen-bond donors (Lipinski definition) is 0. The Morgan fingerprint density at radius 2 is 1.62 bits per heavy atom. The van der Waals surface area contributed by atoms with Crippen molar-refractivity contribution in [2.45, 2.75) is 32.6 Å². The molecule has 0 heterocycles. The van der Waals surface area contributed by atoms with E-state index >= 15 is 0 Å². The SMILES string of the molecule is CC(C)CCC(CN(C)C)c1ccccc1. The van der Waals surface area contributed by atoms with Crippen LogP contribution in [-0.2, 0) is 0 Å². The number of rotatable bonds is 6. The fraction of sp³-hybridized carbons (Fsp3) is 0.600. The highest BCUT2D eigenvalue weighted by atomic mass is 15.1. The summed E-state index contributed by atoms with van der Waals surface area (Å²) in [7, 11) is 4.32. The maximum atomic E-state index is 2.30. The van der Waals surface area contributed by atoms with Crippen LogP contribution in [0, 0.1) is 5.92 Å². The second-order valence-electron chi connectivity index (χ2n) is 5.34. The third-order valence-electron chi connectivity index (χ3n) is 2.95. The normalized spacial score (nSPS) is 13.4. The van der Waals surface area contributed by atoms with Crippen LogP contribution >= 0.6 is 0 Å². The Kier molecular flexibility index (Phi) is 5.54. The average Bonchev–Trinajstić information content (AvgIpc) is 2.25. The molecule has 1 unspecified atom stereocenters. The Morgan fingerprint density at radius 3 is 2.12 bits per heavy atom. The van der Waals surface area contributed by atoms with E-state index in [0.717, 1.165) is 12.5 Å². The van der Waals surface area contributed by atoms with E-state index in [2.05, 4.69) is 63.2 Å². The molecule has 0 saturated heterocycles. The summed E-state index contributed by atoms with van der Waals surface area (Å²) in [6.45, 7) is 5.76. The first-order valence-electron chi connectivity index (χ1n) is 6.29. The lowest BCUT2D eigenvalue weighted by molar-refractivity contribution is 0.350. The van der Waals surface area contributed by atoms with Gasteiger partial charge in [-0.2, -0.15) is 0 Å². The zero-order chi connectivity index (χ0) is 12.0. The van der Waals surface area contributed by atoms with Crippen molar-refractivity contribution in [3.8, 4) is 0 Å². The molecule has 0 aliphatic heterocycles. The van der Waals surface area contributed by atoms with Gasteiger partial charge in [0.25, 0.3) is 0 Å². The molecule has 0 saturated carbocycles. The third kappa shape index (κ3) is 4.80. The molecule has 0 bridgehead atoms. The van der Waals surface area contributed by atoms with Gasteiger partial charge in [0.15, 0.2) is 0 Å². The molecular formula is C15H25N. The second-order valence-corrected chi connectivity index (χ2v) is 5.34. The lowest BCUT2D eigenvalue weighted by Crippen LogP contribution is -2.20. The fourth-order valence-corrected chi connectivity index (χ4v) is 2.06. The molecule has 0 radical (unpaired) electrons. The quantitative estimate of drug-likeness (QED) is 0.704. The first-order valence-corrected chi connectivity index (χ1v) is 6.29. The molecule has 0 aliphatic rings. The second kappa shape index (κ2) is 6.70. The highest BCUT2D eigenvalue weighted by Gasteiger charge is 2.12. The number of benzene rings is 1. The largest absolute Gasteiger partial charge is 0.309 e. The predicted octanol–water partition coefficient (Wildman–Crippen LogP) is 3.77. The summed E-state index contributed by atoms with van der Waals surface area (Å²) in [4.78, 5) is 2.29. The molecule has 1 heteroatoms. The van der Waals surface area contributed by atoms with E-state index in [4.69, 9.17) is 0 Å². The van der Waals surface area contributed by atoms with Crippen molar-refractivity contribution in [1.82, 2.24) is 4.90 Å². The summed E-state index contributed by atoms with van der Waals surface area (Å²) in [6, 6.07) is 10.9. The van der Waals surface area contributed by atoms with Crippen molar-refractivity contribution in [2.75, 3.05) is 20.6 Å². The lowest BCUT2D eigenvalue weighted by Gasteiger charge is -2.22. The molecule has 1 nitrogen and oxygen atoms in total. The summed E-state index contributed by atoms with van der Waals surface area (Å²) >= 11 is 0. The minimum absolute atomic E-state index is 0.679. The van der Waals surface area contributed by atoms with E-state index in [-0.39, 0.29) is 0 Å². The summed E-state index contributed by atoms with van der Waals surface area (Å²) in [5.41, 5.74) is 1.48. The Hall–Kier alpha value is -0.820. The first kappa shape index (κ1) is 13.2. The van der Waals surface area contributed by atoms with Gasteiger partial charge in [-0.25, -0.2) is 0 Å². The summed E-state index contributed by atoms with van der Waals surface area (Å²) in [6.07, 6.45) is 2.60. The summed E-state index contributed by atoms with van der Waals surface area (Å²) < 4.78 is 0. The summed E-state index contributed by atoms with van der Waals surface area (Å²) in [5.74, 6) is 1.48. The van der Waals surface area contributed by atoms with Gasteiger partial charge in [-0.3, -0.25) is 0 Å². The first-order chi connectivity index (χ1) is 7.59. The van der Waals surface area contributed by atoms with E-state index in [1.165, 1.54) is 18.4 Å². The Balaban J connectivity index is 2.64. The highest BCUT2D eigenvalue weighted by molar-refractivity contribution is 5.19. The van der Waals surface area contributed by atoms with Crippen LogP contribution in [0.1, 0.15) is 38.2 Å². The predicted molar refractivity (Wildman–Crippen MR) is 71.8 cm³/mol. The van der Waals surface area contributed by atoms with Gasteiger partial charge in [0.2, 0.25) is 0 Å². The van der Waals surface area contributed by atoms with E-state index in [9.17, 15) is 0 Å². The smallest absolute Gasteiger partial charge is 0.00442 e. The molecule has 1 atom stereocenters. The van der Waals surface area contributed by atoms with E-state index in [1.54, 1.807) is 0 Å². The van der Waals surface area contributed by atoms with Gasteiger partial charge in [0, 0.05) is 6.54 Å². The molecule has 0 aromatic heterocycles. The lowest BCUT2D eigenvalue weighted by atomic mass is 9.91. The molecule has 0 N–H and O–H groups in total. The van der Waals surface area contributed by atoms with Crippen LogP contribution < -0.4 is 0 Å². The zero-order valence-electron chi connectivity index (χ0n) is 11.1. The highest BCUT2D eigenvalue weighted by Crippen LogP contribution is 2.23. The maximum absolute atomic E-state index is 2.30. The Morgan fingerprint density at radius 1 is 1.00 bits per heavy atom. The topological polar surface area (TPSA) is 3.24 Å². The molecule has 0 spiro atoms. The Bertz CT molecular complexity index is 277. The third-order valence-corrected chi connectivity index (χ3v) is 2.95. The molecular weight excluding hydrogens is 194 g/mol. The number of hydrogen-bond acceptors (Lipinski definition) is 1. The number of likely N-dealkylation sites (N-methyl/N-ethyl adjacent to an activating group) is 1. The van der Waals surface area contributed by atoms with Crippen LogP contribution in [0.2, 0.25) is 0 Å². The Labute approximate surface area is 100 Å². The standard InChI is InChI=1S/C15H25N/c1-13(2)10-11-15(12-16(3)4)14-8-6-5-7-9-14/h5-9,13,15H,10-12H2,1-4H3. The summed E-state index contributed by atoms with van der Waals surface area (Å²) in [5, 5.41) is 0. The minimum atomic E-state index is 0.679. The van der Waals surface area contributed by atoms with Crippen molar-refractivity contribution in [1.29, 1.82) is 0 Å². The van der Waals surface area contributed by atoms with Crippen LogP contribution in [0.4, 0.5) is 0 Å². The van der Waals surface area contributed by atoms with E-state index < -0.39 is 0 Å². The van der Waals surface area contributed by atoms with Gasteiger partial charge in [-0.05, 0) is 37.9 Å². The van der Waals surface area contributed by atoms with Crippen LogP contribution in [-0.4, -0.2) is 25.5 Å². The van der Waals surface area contributed by atoms with Crippen LogP contribution in [0.25, 0.3) is 0 Å². The van der Waals surface area contributed by atoms with Crippen LogP contribution in [0.15, 0.2) is 30.3 Å². The monoisotopic (exact) mass is 219 g/mol. The molecule has 90 valence electrons. The van der Waals surface area contributed by atoms with Gasteiger partial charge >= 0.3 is 0 Å². The van der Waals surface area contributed by atoms with Crippen molar-refractivity contribution in [3.63, 3.8) is 0 Å². The maximum Gasteiger partial charge on any atom is 0.00442 e. The molecule has 0 fully saturated rings. The van der Waals surface area contributed by atoms with Crippen LogP contribution in [0.5, 0.6) is 0 Å². The fourth-order valence-electron chi connectivity index (χ4n) is 2.06. The van der Waals surface area contributed by atoms with Gasteiger partial charge in [-0.15, -0.1) is 0 Å². The number of nitrogens with zero attached hydrogens (tertiary/aromatic N) is 1. The van der Waals surface area contributed by atoms with Crippen molar-refractivity contribution >= 4 is 0 Å².